The molecule has 2 fully saturated rings. The van der Waals surface area contributed by atoms with Gasteiger partial charge in [-0.05, 0) is 45.6 Å². The Bertz CT molecular complexity index is 534. The van der Waals surface area contributed by atoms with E-state index in [1.54, 1.807) is 0 Å². The van der Waals surface area contributed by atoms with Crippen molar-refractivity contribution in [2.24, 2.45) is 11.8 Å². The van der Waals surface area contributed by atoms with E-state index in [0.29, 0.717) is 11.8 Å². The van der Waals surface area contributed by atoms with Gasteiger partial charge in [-0.1, -0.05) is 0 Å². The molecular weight excluding hydrogens is 252 g/mol. The summed E-state index contributed by atoms with van der Waals surface area (Å²) in [7, 11) is 0. The number of nitrogens with one attached hydrogen (secondary N) is 1. The molecule has 0 radical (unpaired) electrons. The van der Waals surface area contributed by atoms with Crippen molar-refractivity contribution in [3.63, 3.8) is 0 Å². The molecule has 0 aliphatic carbocycles. The van der Waals surface area contributed by atoms with Gasteiger partial charge < -0.3 is 10.2 Å². The molecular formula is C15H24N4O. The Morgan fingerprint density at radius 3 is 2.90 bits per heavy atom. The summed E-state index contributed by atoms with van der Waals surface area (Å²) >= 11 is 0. The summed E-state index contributed by atoms with van der Waals surface area (Å²) in [5.41, 5.74) is 1.56. The molecule has 2 saturated heterocycles. The van der Waals surface area contributed by atoms with Crippen molar-refractivity contribution >= 4 is 5.91 Å². The fraction of sp³-hybridized carbons (Fsp3) is 0.733. The standard InChI is InChI=1S/C15H24N4O/c1-5-19-13(6-10(2)17-19)14(20)18-9-11-7-16-8-12(11)15(18,3)4/h6,11-12,16H,5,7-9H2,1-4H3. The summed E-state index contributed by atoms with van der Waals surface area (Å²) in [6, 6.07) is 1.91. The monoisotopic (exact) mass is 276 g/mol. The van der Waals surface area contributed by atoms with Gasteiger partial charge in [0.25, 0.3) is 5.91 Å². The number of hydrogen-bond donors (Lipinski definition) is 1. The molecule has 2 unspecified atom stereocenters. The SMILES string of the molecule is CCn1nc(C)cc1C(=O)N1CC2CNCC2C1(C)C. The van der Waals surface area contributed by atoms with E-state index < -0.39 is 0 Å². The molecule has 1 N–H and O–H groups in total. The number of aromatic nitrogens is 2. The first-order valence-electron chi connectivity index (χ1n) is 7.52. The van der Waals surface area contributed by atoms with E-state index in [4.69, 9.17) is 0 Å². The van der Waals surface area contributed by atoms with Crippen molar-refractivity contribution in [1.29, 1.82) is 0 Å². The van der Waals surface area contributed by atoms with Crippen LogP contribution in [0.3, 0.4) is 0 Å². The number of aryl methyl sites for hydroxylation is 2. The lowest BCUT2D eigenvalue weighted by Gasteiger charge is -2.35. The Kier molecular flexibility index (Phi) is 3.12. The van der Waals surface area contributed by atoms with Crippen molar-refractivity contribution in [3.05, 3.63) is 17.5 Å². The number of hydrogen-bond acceptors (Lipinski definition) is 3. The summed E-state index contributed by atoms with van der Waals surface area (Å²) in [6.07, 6.45) is 0. The van der Waals surface area contributed by atoms with Crippen LogP contribution in [0.25, 0.3) is 0 Å². The molecule has 2 atom stereocenters. The first-order valence-corrected chi connectivity index (χ1v) is 7.52. The maximum atomic E-state index is 12.9. The number of carbonyl (C=O) groups excluding carboxylic acids is 1. The predicted octanol–water partition coefficient (Wildman–Crippen LogP) is 1.28. The lowest BCUT2D eigenvalue weighted by atomic mass is 9.85. The van der Waals surface area contributed by atoms with E-state index in [1.165, 1.54) is 0 Å². The van der Waals surface area contributed by atoms with Crippen molar-refractivity contribution in [3.8, 4) is 0 Å². The molecule has 0 bridgehead atoms. The van der Waals surface area contributed by atoms with Crippen LogP contribution in [0.2, 0.25) is 0 Å². The maximum absolute atomic E-state index is 12.9. The lowest BCUT2D eigenvalue weighted by molar-refractivity contribution is 0.0590. The minimum Gasteiger partial charge on any atom is -0.332 e. The zero-order chi connectivity index (χ0) is 14.5. The van der Waals surface area contributed by atoms with Crippen molar-refractivity contribution < 1.29 is 4.79 Å². The lowest BCUT2D eigenvalue weighted by Crippen LogP contribution is -2.48. The van der Waals surface area contributed by atoms with Gasteiger partial charge in [0.2, 0.25) is 0 Å². The van der Waals surface area contributed by atoms with Crippen molar-refractivity contribution in [2.75, 3.05) is 19.6 Å². The second-order valence-electron chi connectivity index (χ2n) is 6.58. The summed E-state index contributed by atoms with van der Waals surface area (Å²) in [5.74, 6) is 1.28. The van der Waals surface area contributed by atoms with Crippen LogP contribution in [0.15, 0.2) is 6.07 Å². The molecule has 1 aromatic heterocycles. The van der Waals surface area contributed by atoms with Gasteiger partial charge in [-0.3, -0.25) is 9.48 Å². The minimum absolute atomic E-state index is 0.0814. The van der Waals surface area contributed by atoms with E-state index in [9.17, 15) is 4.79 Å². The fourth-order valence-corrected chi connectivity index (χ4v) is 3.86. The van der Waals surface area contributed by atoms with Gasteiger partial charge in [0.05, 0.1) is 5.69 Å². The molecule has 3 rings (SSSR count). The van der Waals surface area contributed by atoms with Crippen LogP contribution >= 0.6 is 0 Å². The van der Waals surface area contributed by atoms with E-state index in [0.717, 1.165) is 37.6 Å². The van der Waals surface area contributed by atoms with Crippen LogP contribution in [-0.2, 0) is 6.54 Å². The Hall–Kier alpha value is -1.36. The Balaban J connectivity index is 1.91. The topological polar surface area (TPSA) is 50.2 Å². The molecule has 5 nitrogen and oxygen atoms in total. The molecule has 2 aliphatic heterocycles. The van der Waals surface area contributed by atoms with Crippen LogP contribution in [0, 0.1) is 18.8 Å². The number of fused-ring (bicyclic) bond motifs is 1. The number of amides is 1. The van der Waals surface area contributed by atoms with Gasteiger partial charge in [-0.2, -0.15) is 5.10 Å². The second kappa shape index (κ2) is 4.58. The van der Waals surface area contributed by atoms with Crippen LogP contribution < -0.4 is 5.32 Å². The fourth-order valence-electron chi connectivity index (χ4n) is 3.86. The van der Waals surface area contributed by atoms with Gasteiger partial charge in [0.15, 0.2) is 0 Å². The average Bonchev–Trinajstić information content (AvgIpc) is 3.05. The molecule has 0 aromatic carbocycles. The first-order chi connectivity index (χ1) is 9.45. The quantitative estimate of drug-likeness (QED) is 0.885. The highest BCUT2D eigenvalue weighted by molar-refractivity contribution is 5.93. The minimum atomic E-state index is -0.0814. The normalized spacial score (nSPS) is 27.9. The molecule has 110 valence electrons. The Morgan fingerprint density at radius 1 is 1.50 bits per heavy atom. The highest BCUT2D eigenvalue weighted by Crippen LogP contribution is 2.41. The van der Waals surface area contributed by atoms with Crippen LogP contribution in [0.4, 0.5) is 0 Å². The van der Waals surface area contributed by atoms with E-state index >= 15 is 0 Å². The van der Waals surface area contributed by atoms with Gasteiger partial charge >= 0.3 is 0 Å². The average molecular weight is 276 g/mol. The summed E-state index contributed by atoms with van der Waals surface area (Å²) in [5, 5.41) is 7.85. The van der Waals surface area contributed by atoms with Crippen LogP contribution in [0.5, 0.6) is 0 Å². The Labute approximate surface area is 120 Å². The molecule has 2 aliphatic rings. The highest BCUT2D eigenvalue weighted by atomic mass is 16.2. The number of rotatable bonds is 2. The maximum Gasteiger partial charge on any atom is 0.272 e. The third kappa shape index (κ3) is 1.87. The van der Waals surface area contributed by atoms with Crippen LogP contribution in [0.1, 0.15) is 37.0 Å². The number of carbonyl (C=O) groups is 1. The van der Waals surface area contributed by atoms with E-state index in [2.05, 4.69) is 29.2 Å². The third-order valence-corrected chi connectivity index (χ3v) is 5.03. The van der Waals surface area contributed by atoms with Gasteiger partial charge in [0.1, 0.15) is 5.69 Å². The van der Waals surface area contributed by atoms with Gasteiger partial charge in [-0.25, -0.2) is 0 Å². The smallest absolute Gasteiger partial charge is 0.272 e. The van der Waals surface area contributed by atoms with E-state index in [-0.39, 0.29) is 11.4 Å². The van der Waals surface area contributed by atoms with E-state index in [1.807, 2.05) is 24.6 Å². The predicted molar refractivity (Wildman–Crippen MR) is 77.6 cm³/mol. The van der Waals surface area contributed by atoms with Crippen LogP contribution in [-0.4, -0.2) is 45.8 Å². The summed E-state index contributed by atoms with van der Waals surface area (Å²) in [6.45, 7) is 12.0. The molecule has 3 heterocycles. The molecule has 1 aromatic rings. The summed E-state index contributed by atoms with van der Waals surface area (Å²) in [4.78, 5) is 15.0. The molecule has 5 heteroatoms. The van der Waals surface area contributed by atoms with Gasteiger partial charge in [0, 0.05) is 31.7 Å². The zero-order valence-corrected chi connectivity index (χ0v) is 12.8. The summed E-state index contributed by atoms with van der Waals surface area (Å²) < 4.78 is 1.82. The van der Waals surface area contributed by atoms with Crippen molar-refractivity contribution in [1.82, 2.24) is 20.0 Å². The van der Waals surface area contributed by atoms with Crippen molar-refractivity contribution in [2.45, 2.75) is 39.8 Å². The molecule has 1 amide bonds. The molecule has 20 heavy (non-hydrogen) atoms. The second-order valence-corrected chi connectivity index (χ2v) is 6.58. The molecule has 0 spiro atoms. The number of nitrogens with zero attached hydrogens (tertiary/aromatic N) is 3. The third-order valence-electron chi connectivity index (χ3n) is 5.03. The Morgan fingerprint density at radius 2 is 2.25 bits per heavy atom. The highest BCUT2D eigenvalue weighted by Gasteiger charge is 2.51. The largest absolute Gasteiger partial charge is 0.332 e. The zero-order valence-electron chi connectivity index (χ0n) is 12.8. The molecule has 0 saturated carbocycles. The number of likely N-dealkylation sites (tertiary alicyclic amines) is 1. The first kappa shape index (κ1) is 13.6. The van der Waals surface area contributed by atoms with Gasteiger partial charge in [-0.15, -0.1) is 0 Å².